The summed E-state index contributed by atoms with van der Waals surface area (Å²) in [6.45, 7) is 0.297. The molecule has 1 aromatic carbocycles. The van der Waals surface area contributed by atoms with Gasteiger partial charge in [0.25, 0.3) is 5.56 Å². The van der Waals surface area contributed by atoms with Crippen LogP contribution < -0.4 is 21.7 Å². The Hall–Kier alpha value is -2.50. The van der Waals surface area contributed by atoms with Crippen molar-refractivity contribution in [3.05, 3.63) is 56.7 Å². The van der Waals surface area contributed by atoms with Gasteiger partial charge in [0, 0.05) is 6.07 Å². The highest BCUT2D eigenvalue weighted by atomic mass is 16.5. The van der Waals surface area contributed by atoms with Crippen LogP contribution in [0.1, 0.15) is 5.56 Å². The molecule has 2 rings (SSSR count). The van der Waals surface area contributed by atoms with Crippen molar-refractivity contribution >= 4 is 5.82 Å². The molecule has 0 atom stereocenters. The third-order valence-corrected chi connectivity index (χ3v) is 2.57. The highest BCUT2D eigenvalue weighted by molar-refractivity contribution is 5.31. The number of benzene rings is 1. The zero-order chi connectivity index (χ0) is 13.1. The summed E-state index contributed by atoms with van der Waals surface area (Å²) >= 11 is 0. The van der Waals surface area contributed by atoms with Gasteiger partial charge in [-0.3, -0.25) is 14.3 Å². The fourth-order valence-corrected chi connectivity index (χ4v) is 1.62. The smallest absolute Gasteiger partial charge is 0.330 e. The Kier molecular flexibility index (Phi) is 3.18. The number of H-pyrrole nitrogens is 1. The Morgan fingerprint density at radius 1 is 1.28 bits per heavy atom. The molecular weight excluding hydrogens is 234 g/mol. The van der Waals surface area contributed by atoms with Gasteiger partial charge in [-0.2, -0.15) is 0 Å². The summed E-state index contributed by atoms with van der Waals surface area (Å²) in [7, 11) is 1.58. The Morgan fingerprint density at radius 3 is 2.50 bits per heavy atom. The van der Waals surface area contributed by atoms with E-state index >= 15 is 0 Å². The number of nitrogen functional groups attached to an aromatic ring is 1. The van der Waals surface area contributed by atoms with E-state index in [1.165, 1.54) is 10.6 Å². The van der Waals surface area contributed by atoms with Crippen LogP contribution in [0.15, 0.2) is 39.9 Å². The maximum Gasteiger partial charge on any atom is 0.330 e. The number of anilines is 1. The molecule has 6 nitrogen and oxygen atoms in total. The van der Waals surface area contributed by atoms with Gasteiger partial charge < -0.3 is 10.5 Å². The first-order valence-electron chi connectivity index (χ1n) is 5.33. The molecule has 0 bridgehead atoms. The standard InChI is InChI=1S/C12H13N3O3/c1-18-9-4-2-8(3-5-9)7-15-10(13)6-11(16)14-12(15)17/h2-6H,7,13H2,1H3,(H,14,16,17). The largest absolute Gasteiger partial charge is 0.497 e. The molecule has 0 aliphatic rings. The van der Waals surface area contributed by atoms with Crippen LogP contribution in [0.2, 0.25) is 0 Å². The van der Waals surface area contributed by atoms with Crippen LogP contribution in [0.3, 0.4) is 0 Å². The van der Waals surface area contributed by atoms with Gasteiger partial charge in [0.05, 0.1) is 13.7 Å². The van der Waals surface area contributed by atoms with Crippen LogP contribution in [0.25, 0.3) is 0 Å². The topological polar surface area (TPSA) is 90.1 Å². The zero-order valence-corrected chi connectivity index (χ0v) is 9.84. The molecule has 94 valence electrons. The quantitative estimate of drug-likeness (QED) is 0.809. The molecule has 0 saturated heterocycles. The molecule has 0 aliphatic carbocycles. The number of aromatic amines is 1. The van der Waals surface area contributed by atoms with Gasteiger partial charge in [0.1, 0.15) is 11.6 Å². The second-order valence-corrected chi connectivity index (χ2v) is 3.80. The molecule has 0 radical (unpaired) electrons. The number of hydrogen-bond acceptors (Lipinski definition) is 4. The van der Waals surface area contributed by atoms with Crippen molar-refractivity contribution in [3.8, 4) is 5.75 Å². The first kappa shape index (κ1) is 12.0. The molecule has 6 heteroatoms. The number of nitrogens with one attached hydrogen (secondary N) is 1. The lowest BCUT2D eigenvalue weighted by Gasteiger charge is -2.08. The molecule has 0 fully saturated rings. The zero-order valence-electron chi connectivity index (χ0n) is 9.84. The predicted molar refractivity (Wildman–Crippen MR) is 67.8 cm³/mol. The van der Waals surface area contributed by atoms with Crippen molar-refractivity contribution in [2.45, 2.75) is 6.54 Å². The van der Waals surface area contributed by atoms with Crippen molar-refractivity contribution in [2.24, 2.45) is 0 Å². The van der Waals surface area contributed by atoms with Crippen molar-refractivity contribution in [1.29, 1.82) is 0 Å². The number of nitrogens with zero attached hydrogens (tertiary/aromatic N) is 1. The van der Waals surface area contributed by atoms with Crippen molar-refractivity contribution < 1.29 is 4.74 Å². The van der Waals surface area contributed by atoms with Gasteiger partial charge in [-0.15, -0.1) is 0 Å². The third kappa shape index (κ3) is 2.42. The predicted octanol–water partition coefficient (Wildman–Crippen LogP) is 0.176. The van der Waals surface area contributed by atoms with Gasteiger partial charge in [-0.25, -0.2) is 4.79 Å². The molecule has 0 saturated carbocycles. The summed E-state index contributed by atoms with van der Waals surface area (Å²) in [5.74, 6) is 0.875. The molecular formula is C12H13N3O3. The summed E-state index contributed by atoms with van der Waals surface area (Å²) in [6.07, 6.45) is 0. The van der Waals surface area contributed by atoms with Crippen LogP contribution in [0.4, 0.5) is 5.82 Å². The number of hydrogen-bond donors (Lipinski definition) is 2. The van der Waals surface area contributed by atoms with E-state index in [0.717, 1.165) is 11.3 Å². The van der Waals surface area contributed by atoms with Crippen LogP contribution >= 0.6 is 0 Å². The SMILES string of the molecule is COc1ccc(Cn2c(N)cc(=O)[nH]c2=O)cc1. The minimum atomic E-state index is -0.518. The normalized spacial score (nSPS) is 10.3. The summed E-state index contributed by atoms with van der Waals surface area (Å²) in [4.78, 5) is 24.8. The van der Waals surface area contributed by atoms with E-state index in [9.17, 15) is 9.59 Å². The van der Waals surface area contributed by atoms with E-state index in [1.54, 1.807) is 19.2 Å². The van der Waals surface area contributed by atoms with Gasteiger partial charge in [0.15, 0.2) is 0 Å². The Balaban J connectivity index is 2.34. The van der Waals surface area contributed by atoms with Crippen LogP contribution in [0, 0.1) is 0 Å². The van der Waals surface area contributed by atoms with E-state index in [0.29, 0.717) is 6.54 Å². The second-order valence-electron chi connectivity index (χ2n) is 3.80. The van der Waals surface area contributed by atoms with Gasteiger partial charge >= 0.3 is 5.69 Å². The van der Waals surface area contributed by atoms with E-state index in [4.69, 9.17) is 10.5 Å². The number of methoxy groups -OCH3 is 1. The Bertz CT molecular complexity index is 656. The average Bonchev–Trinajstić information content (AvgIpc) is 2.34. The minimum Gasteiger partial charge on any atom is -0.497 e. The Labute approximate surface area is 103 Å². The summed E-state index contributed by atoms with van der Waals surface area (Å²) in [6, 6.07) is 8.43. The third-order valence-electron chi connectivity index (χ3n) is 2.57. The number of ether oxygens (including phenoxy) is 1. The second kappa shape index (κ2) is 4.79. The maximum absolute atomic E-state index is 11.6. The first-order valence-corrected chi connectivity index (χ1v) is 5.33. The van der Waals surface area contributed by atoms with Crippen molar-refractivity contribution in [2.75, 3.05) is 12.8 Å². The monoisotopic (exact) mass is 247 g/mol. The van der Waals surface area contributed by atoms with E-state index < -0.39 is 11.2 Å². The molecule has 0 amide bonds. The highest BCUT2D eigenvalue weighted by Gasteiger charge is 2.04. The summed E-state index contributed by atoms with van der Waals surface area (Å²) < 4.78 is 6.34. The fourth-order valence-electron chi connectivity index (χ4n) is 1.62. The molecule has 0 spiro atoms. The molecule has 0 aliphatic heterocycles. The van der Waals surface area contributed by atoms with Gasteiger partial charge in [-0.05, 0) is 17.7 Å². The van der Waals surface area contributed by atoms with E-state index in [2.05, 4.69) is 4.98 Å². The summed E-state index contributed by atoms with van der Waals surface area (Å²) in [5.41, 5.74) is 5.52. The molecule has 18 heavy (non-hydrogen) atoms. The fraction of sp³-hybridized carbons (Fsp3) is 0.167. The van der Waals surface area contributed by atoms with Crippen LogP contribution in [0.5, 0.6) is 5.75 Å². The van der Waals surface area contributed by atoms with Gasteiger partial charge in [-0.1, -0.05) is 12.1 Å². The molecule has 0 unspecified atom stereocenters. The lowest BCUT2D eigenvalue weighted by molar-refractivity contribution is 0.414. The Morgan fingerprint density at radius 2 is 1.94 bits per heavy atom. The molecule has 3 N–H and O–H groups in total. The lowest BCUT2D eigenvalue weighted by Crippen LogP contribution is -2.31. The van der Waals surface area contributed by atoms with Crippen LogP contribution in [-0.2, 0) is 6.54 Å². The number of rotatable bonds is 3. The minimum absolute atomic E-state index is 0.138. The van der Waals surface area contributed by atoms with Gasteiger partial charge in [0.2, 0.25) is 0 Å². The molecule has 1 heterocycles. The lowest BCUT2D eigenvalue weighted by atomic mass is 10.2. The maximum atomic E-state index is 11.6. The van der Waals surface area contributed by atoms with E-state index in [1.807, 2.05) is 12.1 Å². The molecule has 2 aromatic rings. The number of aromatic nitrogens is 2. The first-order chi connectivity index (χ1) is 8.60. The van der Waals surface area contributed by atoms with E-state index in [-0.39, 0.29) is 5.82 Å². The summed E-state index contributed by atoms with van der Waals surface area (Å²) in [5, 5.41) is 0. The van der Waals surface area contributed by atoms with Crippen LogP contribution in [-0.4, -0.2) is 16.7 Å². The highest BCUT2D eigenvalue weighted by Crippen LogP contribution is 2.12. The van der Waals surface area contributed by atoms with Crippen molar-refractivity contribution in [3.63, 3.8) is 0 Å². The van der Waals surface area contributed by atoms with Crippen molar-refractivity contribution in [1.82, 2.24) is 9.55 Å². The number of nitrogens with two attached hydrogens (primary N) is 1. The molecule has 1 aromatic heterocycles. The average molecular weight is 247 g/mol.